The second-order valence-electron chi connectivity index (χ2n) is 2.75. The Hall–Kier alpha value is -1.58. The minimum Gasteiger partial charge on any atom is -0.492 e. The molecule has 5 nitrogen and oxygen atoms in total. The summed E-state index contributed by atoms with van der Waals surface area (Å²) in [6.45, 7) is 2.09. The highest BCUT2D eigenvalue weighted by atomic mass is 32.2. The van der Waals surface area contributed by atoms with E-state index in [-0.39, 0.29) is 16.2 Å². The van der Waals surface area contributed by atoms with Gasteiger partial charge < -0.3 is 4.74 Å². The highest BCUT2D eigenvalue weighted by molar-refractivity contribution is 7.89. The third kappa shape index (κ3) is 2.68. The first-order valence-electron chi connectivity index (χ1n) is 4.18. The van der Waals surface area contributed by atoms with Crippen LogP contribution < -0.4 is 9.88 Å². The molecule has 0 aromatic heterocycles. The van der Waals surface area contributed by atoms with E-state index in [1.807, 2.05) is 6.07 Å². The predicted octanol–water partition coefficient (Wildman–Crippen LogP) is 0.604. The van der Waals surface area contributed by atoms with E-state index in [4.69, 9.17) is 15.1 Å². The number of benzene rings is 1. The van der Waals surface area contributed by atoms with E-state index in [0.717, 1.165) is 0 Å². The molecule has 0 bridgehead atoms. The summed E-state index contributed by atoms with van der Waals surface area (Å²) >= 11 is 0. The zero-order valence-corrected chi connectivity index (χ0v) is 8.91. The van der Waals surface area contributed by atoms with Crippen LogP contribution in [0.1, 0.15) is 12.5 Å². The molecule has 1 aromatic rings. The van der Waals surface area contributed by atoms with Crippen LogP contribution in [-0.4, -0.2) is 15.0 Å². The van der Waals surface area contributed by atoms with E-state index in [1.54, 1.807) is 6.92 Å². The molecule has 0 aliphatic heterocycles. The fraction of sp³-hybridized carbons (Fsp3) is 0.222. The fourth-order valence-electron chi connectivity index (χ4n) is 1.05. The highest BCUT2D eigenvalue weighted by Gasteiger charge is 2.11. The van der Waals surface area contributed by atoms with Gasteiger partial charge in [-0.3, -0.25) is 0 Å². The van der Waals surface area contributed by atoms with E-state index in [1.165, 1.54) is 18.2 Å². The summed E-state index contributed by atoms with van der Waals surface area (Å²) in [5.41, 5.74) is 0.282. The first kappa shape index (κ1) is 11.5. The summed E-state index contributed by atoms with van der Waals surface area (Å²) in [5.74, 6) is 0.228. The Kier molecular flexibility index (Phi) is 3.29. The van der Waals surface area contributed by atoms with Crippen molar-refractivity contribution in [3.63, 3.8) is 0 Å². The SMILES string of the molecule is CCOc1cc(S(N)(=O)=O)ccc1C#N. The van der Waals surface area contributed by atoms with Crippen molar-refractivity contribution in [1.82, 2.24) is 0 Å². The Balaban J connectivity index is 3.30. The number of primary sulfonamides is 1. The molecule has 0 unspecified atom stereocenters. The van der Waals surface area contributed by atoms with E-state index in [9.17, 15) is 8.42 Å². The third-order valence-corrected chi connectivity index (χ3v) is 2.61. The quantitative estimate of drug-likeness (QED) is 0.816. The van der Waals surface area contributed by atoms with Crippen LogP contribution in [0.4, 0.5) is 0 Å². The molecule has 80 valence electrons. The largest absolute Gasteiger partial charge is 0.492 e. The van der Waals surface area contributed by atoms with Gasteiger partial charge >= 0.3 is 0 Å². The Labute approximate surface area is 88.1 Å². The number of hydrogen-bond donors (Lipinski definition) is 1. The van der Waals surface area contributed by atoms with Crippen LogP contribution in [0.3, 0.4) is 0 Å². The van der Waals surface area contributed by atoms with Crippen LogP contribution in [0, 0.1) is 11.3 Å². The maximum atomic E-state index is 11.0. The molecule has 0 saturated heterocycles. The van der Waals surface area contributed by atoms with Crippen molar-refractivity contribution in [3.05, 3.63) is 23.8 Å². The van der Waals surface area contributed by atoms with Gasteiger partial charge in [0.05, 0.1) is 17.1 Å². The number of sulfonamides is 1. The van der Waals surface area contributed by atoms with Gasteiger partial charge in [0, 0.05) is 6.07 Å². The minimum atomic E-state index is -3.76. The van der Waals surface area contributed by atoms with Crippen LogP contribution in [-0.2, 0) is 10.0 Å². The average Bonchev–Trinajstić information content (AvgIpc) is 2.17. The minimum absolute atomic E-state index is 0.0649. The fourth-order valence-corrected chi connectivity index (χ4v) is 1.58. The molecule has 0 saturated carbocycles. The molecule has 1 rings (SSSR count). The lowest BCUT2D eigenvalue weighted by molar-refractivity contribution is 0.338. The van der Waals surface area contributed by atoms with Gasteiger partial charge in [0.2, 0.25) is 10.0 Å². The normalized spacial score (nSPS) is 10.7. The van der Waals surface area contributed by atoms with E-state index < -0.39 is 10.0 Å². The monoisotopic (exact) mass is 226 g/mol. The number of ether oxygens (including phenoxy) is 1. The van der Waals surface area contributed by atoms with Gasteiger partial charge in [-0.1, -0.05) is 0 Å². The van der Waals surface area contributed by atoms with Crippen molar-refractivity contribution in [1.29, 1.82) is 5.26 Å². The second kappa shape index (κ2) is 4.29. The molecular formula is C9H10N2O3S. The topological polar surface area (TPSA) is 93.2 Å². The molecule has 0 amide bonds. The molecule has 0 heterocycles. The van der Waals surface area contributed by atoms with Crippen molar-refractivity contribution in [2.24, 2.45) is 5.14 Å². The van der Waals surface area contributed by atoms with E-state index in [2.05, 4.69) is 0 Å². The lowest BCUT2D eigenvalue weighted by atomic mass is 10.2. The summed E-state index contributed by atoms with van der Waals surface area (Å²) in [5, 5.41) is 13.7. The van der Waals surface area contributed by atoms with Gasteiger partial charge in [0.15, 0.2) is 0 Å². The Morgan fingerprint density at radius 2 is 2.20 bits per heavy atom. The van der Waals surface area contributed by atoms with E-state index in [0.29, 0.717) is 6.61 Å². The van der Waals surface area contributed by atoms with Crippen molar-refractivity contribution in [2.45, 2.75) is 11.8 Å². The summed E-state index contributed by atoms with van der Waals surface area (Å²) < 4.78 is 27.2. The zero-order valence-electron chi connectivity index (χ0n) is 8.10. The van der Waals surface area contributed by atoms with Crippen LogP contribution in [0.15, 0.2) is 23.1 Å². The molecule has 2 N–H and O–H groups in total. The summed E-state index contributed by atoms with van der Waals surface area (Å²) in [6.07, 6.45) is 0. The van der Waals surface area contributed by atoms with Crippen LogP contribution >= 0.6 is 0 Å². The Morgan fingerprint density at radius 3 is 2.67 bits per heavy atom. The molecule has 0 fully saturated rings. The van der Waals surface area contributed by atoms with Crippen molar-refractivity contribution < 1.29 is 13.2 Å². The van der Waals surface area contributed by atoms with Gasteiger partial charge in [0.25, 0.3) is 0 Å². The number of hydrogen-bond acceptors (Lipinski definition) is 4. The maximum Gasteiger partial charge on any atom is 0.238 e. The van der Waals surface area contributed by atoms with E-state index >= 15 is 0 Å². The number of nitrogens with zero attached hydrogens (tertiary/aromatic N) is 1. The number of nitrogens with two attached hydrogens (primary N) is 1. The molecule has 0 aliphatic rings. The van der Waals surface area contributed by atoms with Gasteiger partial charge in [0.1, 0.15) is 11.8 Å². The lowest BCUT2D eigenvalue weighted by Gasteiger charge is -2.06. The van der Waals surface area contributed by atoms with Crippen LogP contribution in [0.25, 0.3) is 0 Å². The molecular weight excluding hydrogens is 216 g/mol. The van der Waals surface area contributed by atoms with Gasteiger partial charge in [-0.25, -0.2) is 13.6 Å². The predicted molar refractivity (Wildman–Crippen MR) is 53.7 cm³/mol. The molecule has 0 radical (unpaired) electrons. The van der Waals surface area contributed by atoms with Gasteiger partial charge in [-0.15, -0.1) is 0 Å². The summed E-state index contributed by atoms with van der Waals surface area (Å²) in [7, 11) is -3.76. The molecule has 6 heteroatoms. The smallest absolute Gasteiger partial charge is 0.238 e. The maximum absolute atomic E-state index is 11.0. The zero-order chi connectivity index (χ0) is 11.5. The summed E-state index contributed by atoms with van der Waals surface area (Å²) in [6, 6.07) is 5.79. The molecule has 0 aliphatic carbocycles. The molecule has 15 heavy (non-hydrogen) atoms. The molecule has 0 atom stereocenters. The highest BCUT2D eigenvalue weighted by Crippen LogP contribution is 2.21. The summed E-state index contributed by atoms with van der Waals surface area (Å²) in [4.78, 5) is -0.0649. The van der Waals surface area contributed by atoms with Crippen LogP contribution in [0.2, 0.25) is 0 Å². The Bertz CT molecular complexity index is 503. The number of nitriles is 1. The standard InChI is InChI=1S/C9H10N2O3S/c1-2-14-9-5-8(15(11,12)13)4-3-7(9)6-10/h3-5H,2H2,1H3,(H2,11,12,13). The molecule has 0 spiro atoms. The third-order valence-electron chi connectivity index (χ3n) is 1.70. The molecule has 1 aromatic carbocycles. The van der Waals surface area contributed by atoms with Crippen LogP contribution in [0.5, 0.6) is 5.75 Å². The average molecular weight is 226 g/mol. The lowest BCUT2D eigenvalue weighted by Crippen LogP contribution is -2.12. The second-order valence-corrected chi connectivity index (χ2v) is 4.31. The van der Waals surface area contributed by atoms with Crippen molar-refractivity contribution in [2.75, 3.05) is 6.61 Å². The van der Waals surface area contributed by atoms with Crippen molar-refractivity contribution in [3.8, 4) is 11.8 Å². The first-order valence-corrected chi connectivity index (χ1v) is 5.73. The first-order chi connectivity index (χ1) is 6.99. The van der Waals surface area contributed by atoms with Gasteiger partial charge in [-0.05, 0) is 19.1 Å². The Morgan fingerprint density at radius 1 is 1.53 bits per heavy atom. The van der Waals surface area contributed by atoms with Crippen molar-refractivity contribution >= 4 is 10.0 Å². The van der Waals surface area contributed by atoms with Gasteiger partial charge in [-0.2, -0.15) is 5.26 Å². The number of rotatable bonds is 3.